The SMILES string of the molecule is CCCCCC(=O)OCC(N)CCCC(N(C)C)N1C(=O)C=CC1=O. The van der Waals surface area contributed by atoms with Gasteiger partial charge in [-0.2, -0.15) is 0 Å². The first-order chi connectivity index (χ1) is 11.9. The van der Waals surface area contributed by atoms with Crippen molar-refractivity contribution in [1.82, 2.24) is 9.80 Å². The van der Waals surface area contributed by atoms with E-state index >= 15 is 0 Å². The molecule has 1 aliphatic heterocycles. The molecule has 2 atom stereocenters. The van der Waals surface area contributed by atoms with E-state index in [1.165, 1.54) is 17.1 Å². The van der Waals surface area contributed by atoms with E-state index in [-0.39, 0.29) is 36.6 Å². The summed E-state index contributed by atoms with van der Waals surface area (Å²) in [5.41, 5.74) is 6.00. The number of hydrogen-bond acceptors (Lipinski definition) is 6. The summed E-state index contributed by atoms with van der Waals surface area (Å²) in [6.07, 6.45) is 7.70. The molecule has 1 aliphatic rings. The summed E-state index contributed by atoms with van der Waals surface area (Å²) in [7, 11) is 3.67. The van der Waals surface area contributed by atoms with Gasteiger partial charge in [0.2, 0.25) is 0 Å². The van der Waals surface area contributed by atoms with Gasteiger partial charge in [-0.05, 0) is 39.8 Å². The molecule has 25 heavy (non-hydrogen) atoms. The number of rotatable bonds is 12. The Balaban J connectivity index is 2.30. The molecule has 1 rings (SSSR count). The van der Waals surface area contributed by atoms with Crippen LogP contribution in [0, 0.1) is 0 Å². The number of unbranched alkanes of at least 4 members (excludes halogenated alkanes) is 2. The lowest BCUT2D eigenvalue weighted by molar-refractivity contribution is -0.145. The first-order valence-electron chi connectivity index (χ1n) is 8.99. The van der Waals surface area contributed by atoms with Crippen LogP contribution >= 0.6 is 0 Å². The highest BCUT2D eigenvalue weighted by molar-refractivity contribution is 6.13. The maximum Gasteiger partial charge on any atom is 0.305 e. The van der Waals surface area contributed by atoms with E-state index in [0.717, 1.165) is 25.7 Å². The molecule has 0 saturated heterocycles. The van der Waals surface area contributed by atoms with E-state index in [4.69, 9.17) is 10.5 Å². The summed E-state index contributed by atoms with van der Waals surface area (Å²) >= 11 is 0. The quantitative estimate of drug-likeness (QED) is 0.324. The van der Waals surface area contributed by atoms with E-state index in [9.17, 15) is 14.4 Å². The molecular formula is C18H31N3O4. The van der Waals surface area contributed by atoms with Gasteiger partial charge in [0, 0.05) is 24.6 Å². The molecule has 2 N–H and O–H groups in total. The minimum atomic E-state index is -0.293. The number of esters is 1. The van der Waals surface area contributed by atoms with Gasteiger partial charge in [-0.25, -0.2) is 0 Å². The van der Waals surface area contributed by atoms with Crippen LogP contribution in [0.1, 0.15) is 51.9 Å². The molecule has 0 radical (unpaired) electrons. The van der Waals surface area contributed by atoms with Gasteiger partial charge in [0.1, 0.15) is 6.61 Å². The fourth-order valence-electron chi connectivity index (χ4n) is 2.76. The highest BCUT2D eigenvalue weighted by atomic mass is 16.5. The molecular weight excluding hydrogens is 322 g/mol. The van der Waals surface area contributed by atoms with E-state index in [2.05, 4.69) is 6.92 Å². The van der Waals surface area contributed by atoms with Gasteiger partial charge in [-0.3, -0.25) is 24.2 Å². The van der Waals surface area contributed by atoms with Crippen molar-refractivity contribution in [3.05, 3.63) is 12.2 Å². The van der Waals surface area contributed by atoms with Gasteiger partial charge in [-0.15, -0.1) is 0 Å². The average molecular weight is 353 g/mol. The molecule has 2 amide bonds. The molecule has 1 heterocycles. The highest BCUT2D eigenvalue weighted by Gasteiger charge is 2.32. The van der Waals surface area contributed by atoms with Gasteiger partial charge in [0.25, 0.3) is 11.8 Å². The molecule has 7 nitrogen and oxygen atoms in total. The third-order valence-electron chi connectivity index (χ3n) is 4.22. The van der Waals surface area contributed by atoms with Crippen LogP contribution in [0.25, 0.3) is 0 Å². The van der Waals surface area contributed by atoms with Crippen molar-refractivity contribution in [2.45, 2.75) is 64.1 Å². The molecule has 0 aliphatic carbocycles. The Morgan fingerprint density at radius 3 is 2.36 bits per heavy atom. The van der Waals surface area contributed by atoms with Crippen molar-refractivity contribution in [2.24, 2.45) is 5.73 Å². The summed E-state index contributed by atoms with van der Waals surface area (Å²) in [4.78, 5) is 38.3. The summed E-state index contributed by atoms with van der Waals surface area (Å²) in [6.45, 7) is 2.29. The van der Waals surface area contributed by atoms with Crippen LogP contribution < -0.4 is 5.73 Å². The lowest BCUT2D eigenvalue weighted by atomic mass is 10.1. The number of ether oxygens (including phenoxy) is 1. The largest absolute Gasteiger partial charge is 0.464 e. The number of imide groups is 1. The Morgan fingerprint density at radius 1 is 1.16 bits per heavy atom. The lowest BCUT2D eigenvalue weighted by Crippen LogP contribution is -2.48. The lowest BCUT2D eigenvalue weighted by Gasteiger charge is -2.31. The van der Waals surface area contributed by atoms with Crippen LogP contribution in [0.3, 0.4) is 0 Å². The zero-order chi connectivity index (χ0) is 18.8. The van der Waals surface area contributed by atoms with Crippen molar-refractivity contribution in [3.8, 4) is 0 Å². The number of carbonyl (C=O) groups is 3. The molecule has 7 heteroatoms. The third-order valence-corrected chi connectivity index (χ3v) is 4.22. The van der Waals surface area contributed by atoms with Crippen molar-refractivity contribution in [1.29, 1.82) is 0 Å². The van der Waals surface area contributed by atoms with Crippen molar-refractivity contribution < 1.29 is 19.1 Å². The van der Waals surface area contributed by atoms with Gasteiger partial charge in [-0.1, -0.05) is 19.8 Å². The van der Waals surface area contributed by atoms with Crippen molar-refractivity contribution in [2.75, 3.05) is 20.7 Å². The summed E-state index contributed by atoms with van der Waals surface area (Å²) in [5, 5.41) is 0. The van der Waals surface area contributed by atoms with Crippen LogP contribution in [0.15, 0.2) is 12.2 Å². The van der Waals surface area contributed by atoms with Crippen LogP contribution in [0.2, 0.25) is 0 Å². The first kappa shape index (κ1) is 21.3. The fraction of sp³-hybridized carbons (Fsp3) is 0.722. The molecule has 0 aromatic rings. The van der Waals surface area contributed by atoms with Gasteiger partial charge < -0.3 is 10.5 Å². The van der Waals surface area contributed by atoms with Crippen LogP contribution in [0.5, 0.6) is 0 Å². The zero-order valence-corrected chi connectivity index (χ0v) is 15.6. The van der Waals surface area contributed by atoms with Crippen molar-refractivity contribution >= 4 is 17.8 Å². The molecule has 0 aromatic carbocycles. The van der Waals surface area contributed by atoms with E-state index < -0.39 is 0 Å². The van der Waals surface area contributed by atoms with Gasteiger partial charge in [0.05, 0.1) is 6.17 Å². The smallest absolute Gasteiger partial charge is 0.305 e. The summed E-state index contributed by atoms with van der Waals surface area (Å²) in [5.74, 6) is -0.766. The standard InChI is InChI=1S/C18H31N3O4/c1-4-5-6-10-18(24)25-13-14(19)8-7-9-15(20(2)3)21-16(22)11-12-17(21)23/h11-12,14-15H,4-10,13,19H2,1-3H3. The molecule has 142 valence electrons. The maximum absolute atomic E-state index is 11.8. The summed E-state index contributed by atoms with van der Waals surface area (Å²) in [6, 6.07) is -0.235. The maximum atomic E-state index is 11.8. The summed E-state index contributed by atoms with van der Waals surface area (Å²) < 4.78 is 5.19. The van der Waals surface area contributed by atoms with Crippen LogP contribution in [0.4, 0.5) is 0 Å². The van der Waals surface area contributed by atoms with Crippen LogP contribution in [-0.4, -0.2) is 60.5 Å². The average Bonchev–Trinajstić information content (AvgIpc) is 2.88. The Morgan fingerprint density at radius 2 is 1.80 bits per heavy atom. The van der Waals surface area contributed by atoms with E-state index in [1.807, 2.05) is 19.0 Å². The predicted molar refractivity (Wildman–Crippen MR) is 95.4 cm³/mol. The minimum absolute atomic E-state index is 0.200. The highest BCUT2D eigenvalue weighted by Crippen LogP contribution is 2.17. The Hall–Kier alpha value is -1.73. The topological polar surface area (TPSA) is 92.9 Å². The Labute approximate surface area is 150 Å². The van der Waals surface area contributed by atoms with Gasteiger partial charge in [0.15, 0.2) is 0 Å². The number of amides is 2. The van der Waals surface area contributed by atoms with E-state index in [1.54, 1.807) is 0 Å². The predicted octanol–water partition coefficient (Wildman–Crippen LogP) is 1.42. The van der Waals surface area contributed by atoms with Crippen molar-refractivity contribution in [3.63, 3.8) is 0 Å². The Kier molecular flexibility index (Phi) is 9.37. The van der Waals surface area contributed by atoms with E-state index in [0.29, 0.717) is 19.3 Å². The zero-order valence-electron chi connectivity index (χ0n) is 15.6. The fourth-order valence-corrected chi connectivity index (χ4v) is 2.76. The van der Waals surface area contributed by atoms with Crippen LogP contribution in [-0.2, 0) is 19.1 Å². The molecule has 0 aromatic heterocycles. The number of nitrogens with two attached hydrogens (primary N) is 1. The van der Waals surface area contributed by atoms with Gasteiger partial charge >= 0.3 is 5.97 Å². The molecule has 0 saturated carbocycles. The third kappa shape index (κ3) is 7.36. The number of carbonyl (C=O) groups excluding carboxylic acids is 3. The monoisotopic (exact) mass is 353 g/mol. The molecule has 0 spiro atoms. The minimum Gasteiger partial charge on any atom is -0.464 e. The molecule has 0 fully saturated rings. The normalized spacial score (nSPS) is 16.6. The molecule has 2 unspecified atom stereocenters. The second kappa shape index (κ2) is 11.0. The second-order valence-electron chi connectivity index (χ2n) is 6.66. The second-order valence-corrected chi connectivity index (χ2v) is 6.66. The molecule has 0 bridgehead atoms. The number of hydrogen-bond donors (Lipinski definition) is 1. The Bertz CT molecular complexity index is 473. The first-order valence-corrected chi connectivity index (χ1v) is 8.99. The number of nitrogens with zero attached hydrogens (tertiary/aromatic N) is 2.